The van der Waals surface area contributed by atoms with Crippen LogP contribution in [0.5, 0.6) is 0 Å². The van der Waals surface area contributed by atoms with Crippen molar-refractivity contribution in [1.82, 2.24) is 10.2 Å². The number of amides is 1. The van der Waals surface area contributed by atoms with Crippen molar-refractivity contribution in [2.24, 2.45) is 0 Å². The van der Waals surface area contributed by atoms with E-state index in [0.29, 0.717) is 12.6 Å². The van der Waals surface area contributed by atoms with Gasteiger partial charge in [0.15, 0.2) is 0 Å². The van der Waals surface area contributed by atoms with Gasteiger partial charge in [-0.1, -0.05) is 31.5 Å². The van der Waals surface area contributed by atoms with Crippen LogP contribution in [0.2, 0.25) is 0 Å². The molecule has 1 aromatic rings. The fourth-order valence-corrected chi connectivity index (χ4v) is 2.30. The highest BCUT2D eigenvalue weighted by Crippen LogP contribution is 2.28. The van der Waals surface area contributed by atoms with Gasteiger partial charge in [0, 0.05) is 24.8 Å². The molecule has 20 heavy (non-hydrogen) atoms. The average molecular weight is 275 g/mol. The number of rotatable bonds is 8. The molecule has 2 rings (SSSR count). The Balaban J connectivity index is 1.88. The minimum Gasteiger partial charge on any atom is -0.398 e. The fraction of sp³-hybridized carbons (Fsp3) is 0.562. The summed E-state index contributed by atoms with van der Waals surface area (Å²) in [6.45, 7) is 4.14. The molecule has 1 aliphatic carbocycles. The second-order valence-electron chi connectivity index (χ2n) is 5.54. The normalized spacial score (nSPS) is 14.5. The SMILES string of the molecule is CCCCNC(=O)CN(Cc1ccccc1N)C1CC1. The summed E-state index contributed by atoms with van der Waals surface area (Å²) in [7, 11) is 0. The molecule has 0 atom stereocenters. The highest BCUT2D eigenvalue weighted by molar-refractivity contribution is 5.78. The molecular weight excluding hydrogens is 250 g/mol. The number of carbonyl (C=O) groups is 1. The summed E-state index contributed by atoms with van der Waals surface area (Å²) < 4.78 is 0. The lowest BCUT2D eigenvalue weighted by atomic mass is 10.1. The van der Waals surface area contributed by atoms with E-state index in [4.69, 9.17) is 5.73 Å². The highest BCUT2D eigenvalue weighted by atomic mass is 16.2. The van der Waals surface area contributed by atoms with E-state index in [9.17, 15) is 4.79 Å². The Labute approximate surface area is 121 Å². The summed E-state index contributed by atoms with van der Waals surface area (Å²) in [6.07, 6.45) is 4.53. The molecule has 1 aromatic carbocycles. The number of unbranched alkanes of at least 4 members (excludes halogenated alkanes) is 1. The number of benzene rings is 1. The van der Waals surface area contributed by atoms with Gasteiger partial charge < -0.3 is 11.1 Å². The van der Waals surface area contributed by atoms with Crippen molar-refractivity contribution in [1.29, 1.82) is 0 Å². The van der Waals surface area contributed by atoms with Crippen molar-refractivity contribution >= 4 is 11.6 Å². The minimum absolute atomic E-state index is 0.125. The maximum absolute atomic E-state index is 12.0. The Kier molecular flexibility index (Phi) is 5.41. The lowest BCUT2D eigenvalue weighted by molar-refractivity contribution is -0.122. The Hall–Kier alpha value is -1.55. The average Bonchev–Trinajstić information content (AvgIpc) is 3.25. The summed E-state index contributed by atoms with van der Waals surface area (Å²) in [5, 5.41) is 2.99. The maximum atomic E-state index is 12.0. The van der Waals surface area contributed by atoms with Gasteiger partial charge in [-0.05, 0) is 30.9 Å². The van der Waals surface area contributed by atoms with Crippen LogP contribution in [0.3, 0.4) is 0 Å². The van der Waals surface area contributed by atoms with E-state index >= 15 is 0 Å². The molecule has 4 nitrogen and oxygen atoms in total. The lowest BCUT2D eigenvalue weighted by Gasteiger charge is -2.22. The zero-order valence-electron chi connectivity index (χ0n) is 12.3. The molecule has 0 aliphatic heterocycles. The number of carbonyl (C=O) groups excluding carboxylic acids is 1. The van der Waals surface area contributed by atoms with Crippen LogP contribution < -0.4 is 11.1 Å². The predicted molar refractivity (Wildman–Crippen MR) is 82.2 cm³/mol. The van der Waals surface area contributed by atoms with Gasteiger partial charge >= 0.3 is 0 Å². The highest BCUT2D eigenvalue weighted by Gasteiger charge is 2.30. The molecule has 0 spiro atoms. The first-order valence-electron chi connectivity index (χ1n) is 7.55. The predicted octanol–water partition coefficient (Wildman–Crippen LogP) is 2.15. The smallest absolute Gasteiger partial charge is 0.234 e. The van der Waals surface area contributed by atoms with Gasteiger partial charge in [0.05, 0.1) is 6.54 Å². The number of nitrogens with zero attached hydrogens (tertiary/aromatic N) is 1. The van der Waals surface area contributed by atoms with Gasteiger partial charge in [-0.25, -0.2) is 0 Å². The molecule has 3 N–H and O–H groups in total. The van der Waals surface area contributed by atoms with Crippen LogP contribution in [0.4, 0.5) is 5.69 Å². The van der Waals surface area contributed by atoms with Crippen LogP contribution >= 0.6 is 0 Å². The van der Waals surface area contributed by atoms with Crippen molar-refractivity contribution in [3.63, 3.8) is 0 Å². The van der Waals surface area contributed by atoms with Crippen molar-refractivity contribution in [2.75, 3.05) is 18.8 Å². The molecule has 0 unspecified atom stereocenters. The van der Waals surface area contributed by atoms with Crippen LogP contribution in [0, 0.1) is 0 Å². The summed E-state index contributed by atoms with van der Waals surface area (Å²) in [5.74, 6) is 0.125. The summed E-state index contributed by atoms with van der Waals surface area (Å²) in [5.41, 5.74) is 7.91. The van der Waals surface area contributed by atoms with E-state index in [1.54, 1.807) is 0 Å². The van der Waals surface area contributed by atoms with Gasteiger partial charge in [0.1, 0.15) is 0 Å². The molecule has 0 heterocycles. The first-order chi connectivity index (χ1) is 9.70. The quantitative estimate of drug-likeness (QED) is 0.564. The number of nitrogens with two attached hydrogens (primary N) is 1. The van der Waals surface area contributed by atoms with Crippen LogP contribution in [0.25, 0.3) is 0 Å². The molecule has 0 bridgehead atoms. The standard InChI is InChI=1S/C16H25N3O/c1-2-3-10-18-16(20)12-19(14-8-9-14)11-13-6-4-5-7-15(13)17/h4-7,14H,2-3,8-12,17H2,1H3,(H,18,20). The Morgan fingerprint density at radius 1 is 1.40 bits per heavy atom. The van der Waals surface area contributed by atoms with E-state index in [0.717, 1.165) is 37.2 Å². The van der Waals surface area contributed by atoms with Crippen LogP contribution in [0.15, 0.2) is 24.3 Å². The molecule has 1 fully saturated rings. The molecule has 1 amide bonds. The summed E-state index contributed by atoms with van der Waals surface area (Å²) in [4.78, 5) is 14.2. The third kappa shape index (κ3) is 4.53. The van der Waals surface area contributed by atoms with E-state index in [1.807, 2.05) is 24.3 Å². The maximum Gasteiger partial charge on any atom is 0.234 e. The van der Waals surface area contributed by atoms with E-state index in [1.165, 1.54) is 12.8 Å². The summed E-state index contributed by atoms with van der Waals surface area (Å²) in [6, 6.07) is 8.45. The van der Waals surface area contributed by atoms with Crippen molar-refractivity contribution in [2.45, 2.75) is 45.2 Å². The number of nitrogens with one attached hydrogen (secondary N) is 1. The van der Waals surface area contributed by atoms with Crippen LogP contribution in [-0.2, 0) is 11.3 Å². The molecule has 110 valence electrons. The van der Waals surface area contributed by atoms with Crippen LogP contribution in [0.1, 0.15) is 38.2 Å². The van der Waals surface area contributed by atoms with Gasteiger partial charge in [-0.2, -0.15) is 0 Å². The number of hydrogen-bond donors (Lipinski definition) is 2. The fourth-order valence-electron chi connectivity index (χ4n) is 2.30. The van der Waals surface area contributed by atoms with Gasteiger partial charge in [-0.15, -0.1) is 0 Å². The Morgan fingerprint density at radius 2 is 2.15 bits per heavy atom. The molecular formula is C16H25N3O. The largest absolute Gasteiger partial charge is 0.398 e. The monoisotopic (exact) mass is 275 g/mol. The van der Waals surface area contributed by atoms with Crippen molar-refractivity contribution < 1.29 is 4.79 Å². The number of anilines is 1. The van der Waals surface area contributed by atoms with Gasteiger partial charge in [-0.3, -0.25) is 9.69 Å². The Bertz CT molecular complexity index is 443. The van der Waals surface area contributed by atoms with Gasteiger partial charge in [0.25, 0.3) is 0 Å². The minimum atomic E-state index is 0.125. The van der Waals surface area contributed by atoms with Crippen LogP contribution in [-0.4, -0.2) is 29.9 Å². The summed E-state index contributed by atoms with van der Waals surface area (Å²) >= 11 is 0. The third-order valence-corrected chi connectivity index (χ3v) is 3.69. The van der Waals surface area contributed by atoms with E-state index in [2.05, 4.69) is 17.1 Å². The number of nitrogen functional groups attached to an aromatic ring is 1. The van der Waals surface area contributed by atoms with Crippen molar-refractivity contribution in [3.05, 3.63) is 29.8 Å². The third-order valence-electron chi connectivity index (χ3n) is 3.69. The first kappa shape index (κ1) is 14.9. The second kappa shape index (κ2) is 7.29. The molecule has 1 saturated carbocycles. The first-order valence-corrected chi connectivity index (χ1v) is 7.55. The zero-order chi connectivity index (χ0) is 14.4. The topological polar surface area (TPSA) is 58.4 Å². The lowest BCUT2D eigenvalue weighted by Crippen LogP contribution is -2.38. The molecule has 1 aliphatic rings. The zero-order valence-corrected chi connectivity index (χ0v) is 12.3. The number of hydrogen-bond acceptors (Lipinski definition) is 3. The van der Waals surface area contributed by atoms with Gasteiger partial charge in [0.2, 0.25) is 5.91 Å². The molecule has 0 aromatic heterocycles. The molecule has 0 radical (unpaired) electrons. The van der Waals surface area contributed by atoms with Crippen molar-refractivity contribution in [3.8, 4) is 0 Å². The van der Waals surface area contributed by atoms with E-state index in [-0.39, 0.29) is 5.91 Å². The number of para-hydroxylation sites is 1. The van der Waals surface area contributed by atoms with E-state index < -0.39 is 0 Å². The Morgan fingerprint density at radius 3 is 2.80 bits per heavy atom. The molecule has 4 heteroatoms. The molecule has 0 saturated heterocycles. The second-order valence-corrected chi connectivity index (χ2v) is 5.54.